The average Bonchev–Trinajstić information content (AvgIpc) is 2.86. The lowest BCUT2D eigenvalue weighted by atomic mass is 10.0. The molecule has 2 aromatic rings. The summed E-state index contributed by atoms with van der Waals surface area (Å²) in [5.41, 5.74) is 6.46. The third kappa shape index (κ3) is 3.05. The SMILES string of the molecule is CCC(C)C(N)c1nc(-c2ncc(Cl)cc2Cl)no1. The third-order valence-corrected chi connectivity index (χ3v) is 3.50. The van der Waals surface area contributed by atoms with Gasteiger partial charge in [0.05, 0.1) is 16.1 Å². The van der Waals surface area contributed by atoms with E-state index in [-0.39, 0.29) is 12.0 Å². The van der Waals surface area contributed by atoms with E-state index in [1.807, 2.05) is 6.92 Å². The number of hydrogen-bond donors (Lipinski definition) is 1. The summed E-state index contributed by atoms with van der Waals surface area (Å²) >= 11 is 11.8. The molecule has 0 aliphatic heterocycles. The molecule has 0 fully saturated rings. The smallest absolute Gasteiger partial charge is 0.244 e. The zero-order valence-electron chi connectivity index (χ0n) is 10.6. The zero-order chi connectivity index (χ0) is 14.0. The zero-order valence-corrected chi connectivity index (χ0v) is 12.1. The Morgan fingerprint density at radius 1 is 1.42 bits per heavy atom. The minimum Gasteiger partial charge on any atom is -0.337 e. The largest absolute Gasteiger partial charge is 0.337 e. The molecule has 0 saturated heterocycles. The molecular weight excluding hydrogens is 287 g/mol. The lowest BCUT2D eigenvalue weighted by Crippen LogP contribution is -2.18. The van der Waals surface area contributed by atoms with E-state index < -0.39 is 0 Å². The number of pyridine rings is 1. The van der Waals surface area contributed by atoms with Crippen LogP contribution in [-0.2, 0) is 0 Å². The fourth-order valence-corrected chi connectivity index (χ4v) is 2.01. The van der Waals surface area contributed by atoms with E-state index in [0.717, 1.165) is 6.42 Å². The standard InChI is InChI=1S/C12H14Cl2N4O/c1-3-6(2)9(15)12-17-11(18-19-12)10-8(14)4-7(13)5-16-10/h4-6,9H,3,15H2,1-2H3. The summed E-state index contributed by atoms with van der Waals surface area (Å²) in [5, 5.41) is 4.68. The summed E-state index contributed by atoms with van der Waals surface area (Å²) in [6, 6.07) is 1.29. The molecule has 7 heteroatoms. The van der Waals surface area contributed by atoms with Crippen LogP contribution in [0.15, 0.2) is 16.8 Å². The summed E-state index contributed by atoms with van der Waals surface area (Å²) in [4.78, 5) is 8.34. The lowest BCUT2D eigenvalue weighted by molar-refractivity contribution is 0.312. The van der Waals surface area contributed by atoms with Gasteiger partial charge >= 0.3 is 0 Å². The Morgan fingerprint density at radius 3 is 2.79 bits per heavy atom. The van der Waals surface area contributed by atoms with Crippen molar-refractivity contribution in [2.24, 2.45) is 11.7 Å². The molecule has 102 valence electrons. The molecular formula is C12H14Cl2N4O. The van der Waals surface area contributed by atoms with Crippen LogP contribution in [0.1, 0.15) is 32.2 Å². The van der Waals surface area contributed by atoms with Crippen LogP contribution in [0.25, 0.3) is 11.5 Å². The van der Waals surface area contributed by atoms with Crippen molar-refractivity contribution in [3.63, 3.8) is 0 Å². The van der Waals surface area contributed by atoms with Gasteiger partial charge in [-0.05, 0) is 12.0 Å². The molecule has 2 aromatic heterocycles. The van der Waals surface area contributed by atoms with Crippen LogP contribution < -0.4 is 5.73 Å². The lowest BCUT2D eigenvalue weighted by Gasteiger charge is -2.12. The Hall–Kier alpha value is -1.17. The van der Waals surface area contributed by atoms with Crippen molar-refractivity contribution in [2.45, 2.75) is 26.3 Å². The molecule has 2 unspecified atom stereocenters. The average molecular weight is 301 g/mol. The second-order valence-electron chi connectivity index (χ2n) is 4.35. The highest BCUT2D eigenvalue weighted by molar-refractivity contribution is 6.35. The summed E-state index contributed by atoms with van der Waals surface area (Å²) < 4.78 is 5.17. The van der Waals surface area contributed by atoms with Gasteiger partial charge in [-0.1, -0.05) is 48.6 Å². The monoisotopic (exact) mass is 300 g/mol. The van der Waals surface area contributed by atoms with Gasteiger partial charge in [0.15, 0.2) is 0 Å². The minimum atomic E-state index is -0.294. The second kappa shape index (κ2) is 5.86. The molecule has 0 saturated carbocycles. The van der Waals surface area contributed by atoms with Gasteiger partial charge in [0.1, 0.15) is 5.69 Å². The highest BCUT2D eigenvalue weighted by Crippen LogP contribution is 2.27. The van der Waals surface area contributed by atoms with Gasteiger partial charge in [0, 0.05) is 6.20 Å². The predicted molar refractivity (Wildman–Crippen MR) is 73.9 cm³/mol. The van der Waals surface area contributed by atoms with Crippen molar-refractivity contribution < 1.29 is 4.52 Å². The number of nitrogens with two attached hydrogens (primary N) is 1. The fourth-order valence-electron chi connectivity index (χ4n) is 1.54. The molecule has 0 bridgehead atoms. The molecule has 0 aromatic carbocycles. The first-order valence-corrected chi connectivity index (χ1v) is 6.69. The number of halogens is 2. The van der Waals surface area contributed by atoms with Crippen LogP contribution in [0.5, 0.6) is 0 Å². The molecule has 0 spiro atoms. The molecule has 2 heterocycles. The number of rotatable bonds is 4. The van der Waals surface area contributed by atoms with Crippen molar-refractivity contribution in [1.29, 1.82) is 0 Å². The van der Waals surface area contributed by atoms with Crippen molar-refractivity contribution in [3.8, 4) is 11.5 Å². The Balaban J connectivity index is 2.30. The summed E-state index contributed by atoms with van der Waals surface area (Å²) in [6.07, 6.45) is 2.41. The van der Waals surface area contributed by atoms with Gasteiger partial charge in [0.25, 0.3) is 0 Å². The van der Waals surface area contributed by atoms with Crippen LogP contribution in [0, 0.1) is 5.92 Å². The first-order chi connectivity index (χ1) is 9.02. The van der Waals surface area contributed by atoms with Gasteiger partial charge in [-0.25, -0.2) is 4.98 Å². The van der Waals surface area contributed by atoms with Crippen LogP contribution in [0.3, 0.4) is 0 Å². The van der Waals surface area contributed by atoms with Crippen molar-refractivity contribution >= 4 is 23.2 Å². The highest BCUT2D eigenvalue weighted by Gasteiger charge is 2.21. The summed E-state index contributed by atoms with van der Waals surface area (Å²) in [5.74, 6) is 0.953. The second-order valence-corrected chi connectivity index (χ2v) is 5.20. The van der Waals surface area contributed by atoms with Gasteiger partial charge in [-0.15, -0.1) is 0 Å². The third-order valence-electron chi connectivity index (χ3n) is 3.00. The summed E-state index contributed by atoms with van der Waals surface area (Å²) in [7, 11) is 0. The molecule has 0 radical (unpaired) electrons. The van der Waals surface area contributed by atoms with Gasteiger partial charge in [-0.2, -0.15) is 4.98 Å². The predicted octanol–water partition coefficient (Wildman–Crippen LogP) is 3.48. The first kappa shape index (κ1) is 14.2. The van der Waals surface area contributed by atoms with Crippen LogP contribution >= 0.6 is 23.2 Å². The minimum absolute atomic E-state index is 0.252. The normalized spacial score (nSPS) is 14.4. The Bertz CT molecular complexity index is 573. The van der Waals surface area contributed by atoms with E-state index in [2.05, 4.69) is 22.0 Å². The maximum absolute atomic E-state index is 6.04. The number of hydrogen-bond acceptors (Lipinski definition) is 5. The molecule has 2 rings (SSSR count). The van der Waals surface area contributed by atoms with Gasteiger partial charge in [-0.3, -0.25) is 0 Å². The van der Waals surface area contributed by atoms with Gasteiger partial charge < -0.3 is 10.3 Å². The van der Waals surface area contributed by atoms with Crippen LogP contribution in [0.4, 0.5) is 0 Å². The van der Waals surface area contributed by atoms with E-state index in [1.165, 1.54) is 6.20 Å². The Labute approximate surface area is 121 Å². The van der Waals surface area contributed by atoms with E-state index in [4.69, 9.17) is 33.5 Å². The highest BCUT2D eigenvalue weighted by atomic mass is 35.5. The Kier molecular flexibility index (Phi) is 4.39. The molecule has 19 heavy (non-hydrogen) atoms. The van der Waals surface area contributed by atoms with E-state index >= 15 is 0 Å². The quantitative estimate of drug-likeness (QED) is 0.935. The van der Waals surface area contributed by atoms with E-state index in [9.17, 15) is 0 Å². The maximum Gasteiger partial charge on any atom is 0.244 e. The van der Waals surface area contributed by atoms with Crippen LogP contribution in [-0.4, -0.2) is 15.1 Å². The molecule has 0 aliphatic rings. The fraction of sp³-hybridized carbons (Fsp3) is 0.417. The van der Waals surface area contributed by atoms with E-state index in [0.29, 0.717) is 27.5 Å². The molecule has 0 amide bonds. The topological polar surface area (TPSA) is 77.8 Å². The number of aromatic nitrogens is 3. The van der Waals surface area contributed by atoms with E-state index in [1.54, 1.807) is 6.07 Å². The first-order valence-electron chi connectivity index (χ1n) is 5.93. The van der Waals surface area contributed by atoms with Gasteiger partial charge in [0.2, 0.25) is 11.7 Å². The van der Waals surface area contributed by atoms with Crippen molar-refractivity contribution in [1.82, 2.24) is 15.1 Å². The molecule has 2 N–H and O–H groups in total. The molecule has 5 nitrogen and oxygen atoms in total. The summed E-state index contributed by atoms with van der Waals surface area (Å²) in [6.45, 7) is 4.08. The maximum atomic E-state index is 6.04. The van der Waals surface area contributed by atoms with Crippen molar-refractivity contribution in [2.75, 3.05) is 0 Å². The Morgan fingerprint density at radius 2 is 2.16 bits per heavy atom. The molecule has 0 aliphatic carbocycles. The van der Waals surface area contributed by atoms with Crippen LogP contribution in [0.2, 0.25) is 10.0 Å². The molecule has 2 atom stereocenters. The van der Waals surface area contributed by atoms with Crippen molar-refractivity contribution in [3.05, 3.63) is 28.2 Å². The number of nitrogens with zero attached hydrogens (tertiary/aromatic N) is 3.